The number of carbonyl (C=O) groups excluding carboxylic acids is 6. The van der Waals surface area contributed by atoms with Crippen molar-refractivity contribution in [2.45, 2.75) is 95.6 Å². The molecule has 5 N–H and O–H groups in total. The van der Waals surface area contributed by atoms with E-state index in [-0.39, 0.29) is 79.2 Å². The first kappa shape index (κ1) is 41.8. The second kappa shape index (κ2) is 20.5. The minimum atomic E-state index is -0.994. The van der Waals surface area contributed by atoms with Crippen LogP contribution in [-0.2, 0) is 36.9 Å². The van der Waals surface area contributed by atoms with Gasteiger partial charge in [0.25, 0.3) is 5.69 Å². The van der Waals surface area contributed by atoms with Gasteiger partial charge in [-0.3, -0.25) is 29.3 Å². The number of nitrogens with one attached hydrogen (secondary N) is 3. The number of amides is 4. The molecule has 0 radical (unpaired) electrons. The topological polar surface area (TPSA) is 226 Å². The molecule has 2 aliphatic heterocycles. The van der Waals surface area contributed by atoms with Crippen LogP contribution in [0, 0.1) is 27.9 Å². The van der Waals surface area contributed by atoms with Crippen LogP contribution in [-0.4, -0.2) is 70.1 Å². The number of hydrogen-bond acceptors (Lipinski definition) is 11. The highest BCUT2D eigenvalue weighted by atomic mass is 32.2. The Morgan fingerprint density at radius 3 is 2.39 bits per heavy atom. The van der Waals surface area contributed by atoms with Crippen LogP contribution in [0.25, 0.3) is 0 Å². The van der Waals surface area contributed by atoms with Crippen LogP contribution < -0.4 is 26.4 Å². The third kappa shape index (κ3) is 13.1. The number of unbranched alkanes of at least 4 members (excludes halogenated alkanes) is 1. The van der Waals surface area contributed by atoms with Gasteiger partial charge < -0.3 is 31.2 Å². The molecule has 0 bridgehead atoms. The van der Waals surface area contributed by atoms with Gasteiger partial charge in [0.1, 0.15) is 18.1 Å². The molecule has 2 saturated heterocycles. The third-order valence-corrected chi connectivity index (χ3v) is 11.2. The van der Waals surface area contributed by atoms with E-state index >= 15 is 0 Å². The third-order valence-electron chi connectivity index (χ3n) is 9.67. The van der Waals surface area contributed by atoms with Crippen LogP contribution in [0.4, 0.5) is 15.3 Å². The molecule has 2 aromatic carbocycles. The van der Waals surface area contributed by atoms with Gasteiger partial charge in [0.2, 0.25) is 11.8 Å². The fourth-order valence-electron chi connectivity index (χ4n) is 6.64. The van der Waals surface area contributed by atoms with E-state index < -0.39 is 29.1 Å². The molecule has 4 amide bonds. The van der Waals surface area contributed by atoms with Crippen molar-refractivity contribution in [3.63, 3.8) is 0 Å². The van der Waals surface area contributed by atoms with E-state index in [2.05, 4.69) is 16.0 Å². The molecule has 4 rings (SSSR count). The summed E-state index contributed by atoms with van der Waals surface area (Å²) in [6.07, 6.45) is 3.15. The van der Waals surface area contributed by atoms with Gasteiger partial charge in [0.05, 0.1) is 11.0 Å². The lowest BCUT2D eigenvalue weighted by Crippen LogP contribution is -2.46. The van der Waals surface area contributed by atoms with Crippen molar-refractivity contribution in [2.24, 2.45) is 23.5 Å². The van der Waals surface area contributed by atoms with Crippen molar-refractivity contribution in [1.29, 1.82) is 0 Å². The smallest absolute Gasteiger partial charge is 0.429 e. The summed E-state index contributed by atoms with van der Waals surface area (Å²) in [5, 5.41) is 19.6. The number of primary amides is 1. The minimum absolute atomic E-state index is 0.00659. The summed E-state index contributed by atoms with van der Waals surface area (Å²) < 4.78 is 10.2. The van der Waals surface area contributed by atoms with Crippen LogP contribution in [0.3, 0.4) is 0 Å². The van der Waals surface area contributed by atoms with E-state index in [1.807, 2.05) is 25.6 Å². The van der Waals surface area contributed by atoms with Crippen molar-refractivity contribution in [1.82, 2.24) is 16.0 Å². The molecule has 15 nitrogen and oxygen atoms in total. The number of ketones is 2. The fourth-order valence-corrected chi connectivity index (χ4v) is 8.29. The standard InChI is InChI=1S/C38H49N5O10S/c1-23(2)30(20-28(44)6-3-4-8-33-35-26(22-54-33)19-34(46)42-35)36(47)41-31(7-5-17-40-37(39)48)32(45)18-24-9-11-25(12-10-24)21-52-38(49)53-29-15-13-27(14-16-29)43(50)51/h9-16,23,26,30-31,33,35H,3-8,17-22H2,1-2H3,(H,41,47)(H,42,46)(H3,39,40,48)/t26-,30?,31-,33-,35-/m0/s1. The highest BCUT2D eigenvalue weighted by molar-refractivity contribution is 8.00. The number of nitrogens with zero attached hydrogens (tertiary/aromatic N) is 1. The van der Waals surface area contributed by atoms with Crippen molar-refractivity contribution < 1.29 is 43.2 Å². The number of hydrogen-bond donors (Lipinski definition) is 4. The Labute approximate surface area is 318 Å². The minimum Gasteiger partial charge on any atom is -0.429 e. The molecule has 0 aromatic heterocycles. The number of benzene rings is 2. The Bertz CT molecular complexity index is 1650. The Kier molecular flexibility index (Phi) is 15.8. The van der Waals surface area contributed by atoms with Gasteiger partial charge >= 0.3 is 12.2 Å². The average Bonchev–Trinajstić information content (AvgIpc) is 3.68. The zero-order valence-corrected chi connectivity index (χ0v) is 31.4. The highest BCUT2D eigenvalue weighted by Gasteiger charge is 2.42. The van der Waals surface area contributed by atoms with Gasteiger partial charge in [-0.25, -0.2) is 9.59 Å². The molecule has 0 aliphatic carbocycles. The molecule has 0 spiro atoms. The number of urea groups is 1. The van der Waals surface area contributed by atoms with Gasteiger partial charge in [-0.2, -0.15) is 11.8 Å². The lowest BCUT2D eigenvalue weighted by Gasteiger charge is -2.24. The highest BCUT2D eigenvalue weighted by Crippen LogP contribution is 2.39. The van der Waals surface area contributed by atoms with Gasteiger partial charge in [-0.1, -0.05) is 44.5 Å². The number of Topliss-reactive ketones (excluding diaryl/α,β-unsaturated/α-hetero) is 2. The predicted molar refractivity (Wildman–Crippen MR) is 201 cm³/mol. The maximum Gasteiger partial charge on any atom is 0.514 e. The van der Waals surface area contributed by atoms with Crippen LogP contribution in [0.1, 0.15) is 76.3 Å². The summed E-state index contributed by atoms with van der Waals surface area (Å²) in [5.74, 6) is 0.187. The van der Waals surface area contributed by atoms with Crippen molar-refractivity contribution >= 4 is 53.0 Å². The maximum absolute atomic E-state index is 13.6. The number of ether oxygens (including phenoxy) is 2. The zero-order valence-electron chi connectivity index (χ0n) is 30.6. The summed E-state index contributed by atoms with van der Waals surface area (Å²) in [4.78, 5) is 85.4. The first-order valence-electron chi connectivity index (χ1n) is 18.2. The molecule has 5 atom stereocenters. The molecular formula is C38H49N5O10S. The Morgan fingerprint density at radius 2 is 1.72 bits per heavy atom. The SMILES string of the molecule is CC(C)C(CC(=O)CCCC[C@@H]1SC[C@@H]2CC(=O)N[C@@H]21)C(=O)N[C@@H](CCCNC(N)=O)C(=O)Cc1ccc(COC(=O)Oc2ccc([N+](=O)[O-])cc2)cc1. The number of rotatable bonds is 21. The molecule has 2 heterocycles. The van der Waals surface area contributed by atoms with Gasteiger partial charge in [0, 0.05) is 61.6 Å². The first-order chi connectivity index (χ1) is 25.8. The summed E-state index contributed by atoms with van der Waals surface area (Å²) in [7, 11) is 0. The van der Waals surface area contributed by atoms with Crippen LogP contribution in [0.15, 0.2) is 48.5 Å². The summed E-state index contributed by atoms with van der Waals surface area (Å²) in [6, 6.07) is 10.4. The molecule has 2 fully saturated rings. The van der Waals surface area contributed by atoms with E-state index in [1.165, 1.54) is 24.3 Å². The van der Waals surface area contributed by atoms with Gasteiger partial charge in [0.15, 0.2) is 5.78 Å². The van der Waals surface area contributed by atoms with Gasteiger partial charge in [-0.15, -0.1) is 0 Å². The Morgan fingerprint density at radius 1 is 1.02 bits per heavy atom. The quantitative estimate of drug-likeness (QED) is 0.0445. The number of non-ortho nitro benzene ring substituents is 1. The molecule has 2 aliphatic rings. The van der Waals surface area contributed by atoms with Gasteiger partial charge in [-0.05, 0) is 66.5 Å². The summed E-state index contributed by atoms with van der Waals surface area (Å²) >= 11 is 1.89. The molecule has 0 saturated carbocycles. The average molecular weight is 768 g/mol. The number of fused-ring (bicyclic) bond motifs is 1. The number of carbonyl (C=O) groups is 6. The largest absolute Gasteiger partial charge is 0.514 e. The molecule has 54 heavy (non-hydrogen) atoms. The second-order valence-electron chi connectivity index (χ2n) is 14.1. The van der Waals surface area contributed by atoms with E-state index in [4.69, 9.17) is 15.2 Å². The Hall–Kier alpha value is -4.99. The van der Waals surface area contributed by atoms with E-state index in [0.29, 0.717) is 48.0 Å². The monoisotopic (exact) mass is 767 g/mol. The second-order valence-corrected chi connectivity index (χ2v) is 15.4. The van der Waals surface area contributed by atoms with E-state index in [9.17, 15) is 38.9 Å². The van der Waals surface area contributed by atoms with Crippen molar-refractivity contribution in [3.8, 4) is 5.75 Å². The number of nitrogens with two attached hydrogens (primary N) is 1. The number of nitro groups is 1. The van der Waals surface area contributed by atoms with Crippen LogP contribution >= 0.6 is 11.8 Å². The molecular weight excluding hydrogens is 719 g/mol. The number of thioether (sulfide) groups is 1. The first-order valence-corrected chi connectivity index (χ1v) is 19.3. The molecule has 1 unspecified atom stereocenters. The summed E-state index contributed by atoms with van der Waals surface area (Å²) in [5.41, 5.74) is 6.31. The van der Waals surface area contributed by atoms with Crippen molar-refractivity contribution in [3.05, 3.63) is 69.8 Å². The van der Waals surface area contributed by atoms with Crippen LogP contribution in [0.2, 0.25) is 0 Å². The molecule has 16 heteroatoms. The molecule has 2 aromatic rings. The summed E-state index contributed by atoms with van der Waals surface area (Å²) in [6.45, 7) is 3.83. The number of nitro benzene ring substituents is 1. The zero-order chi connectivity index (χ0) is 39.2. The van der Waals surface area contributed by atoms with E-state index in [1.54, 1.807) is 24.3 Å². The Balaban J connectivity index is 1.26. The fraction of sp³-hybridized carbons (Fsp3) is 0.526. The molecule has 292 valence electrons. The van der Waals surface area contributed by atoms with Crippen LogP contribution in [0.5, 0.6) is 5.75 Å². The van der Waals surface area contributed by atoms with Crippen molar-refractivity contribution in [2.75, 3.05) is 12.3 Å². The maximum atomic E-state index is 13.6. The lowest BCUT2D eigenvalue weighted by atomic mass is 9.87. The predicted octanol–water partition coefficient (Wildman–Crippen LogP) is 4.77. The normalized spacial score (nSPS) is 18.6. The lowest BCUT2D eigenvalue weighted by molar-refractivity contribution is -0.384. The van der Waals surface area contributed by atoms with E-state index in [0.717, 1.165) is 18.6 Å².